The molecule has 1 N–H and O–H groups in total. The van der Waals surface area contributed by atoms with Crippen LogP contribution < -0.4 is 0 Å². The predicted molar refractivity (Wildman–Crippen MR) is 86.4 cm³/mol. The fourth-order valence-corrected chi connectivity index (χ4v) is 3.27. The largest absolute Gasteiger partial charge is 0.465 e. The molecule has 0 atom stereocenters. The number of nitrogens with zero attached hydrogens (tertiary/aromatic N) is 3. The molecule has 0 aliphatic heterocycles. The molecule has 1 saturated carbocycles. The number of hydrogen-bond acceptors (Lipinski definition) is 3. The first-order valence-electron chi connectivity index (χ1n) is 7.97. The van der Waals surface area contributed by atoms with Gasteiger partial charge in [-0.15, -0.1) is 0 Å². The Hall–Kier alpha value is -2.30. The quantitative estimate of drug-likeness (QED) is 0.782. The average molecular weight is 296 g/mol. The van der Waals surface area contributed by atoms with E-state index in [1.54, 1.807) is 6.26 Å². The number of furan rings is 1. The summed E-state index contributed by atoms with van der Waals surface area (Å²) in [4.78, 5) is 8.09. The van der Waals surface area contributed by atoms with E-state index in [4.69, 9.17) is 14.5 Å². The summed E-state index contributed by atoms with van der Waals surface area (Å²) < 4.78 is 7.44. The fourth-order valence-electron chi connectivity index (χ4n) is 3.27. The van der Waals surface area contributed by atoms with Crippen LogP contribution >= 0.6 is 0 Å². The molecule has 114 valence electrons. The van der Waals surface area contributed by atoms with Crippen LogP contribution in [0.3, 0.4) is 0 Å². The minimum atomic E-state index is 0.496. The van der Waals surface area contributed by atoms with Gasteiger partial charge in [-0.1, -0.05) is 19.3 Å². The van der Waals surface area contributed by atoms with Crippen LogP contribution in [0.1, 0.15) is 55.4 Å². The van der Waals surface area contributed by atoms with E-state index in [1.165, 1.54) is 32.1 Å². The molecule has 22 heavy (non-hydrogen) atoms. The highest BCUT2D eigenvalue weighted by molar-refractivity contribution is 5.78. The highest BCUT2D eigenvalue weighted by atomic mass is 16.3. The molecule has 0 bridgehead atoms. The zero-order chi connectivity index (χ0) is 14.9. The molecular weight excluding hydrogens is 276 g/mol. The van der Waals surface area contributed by atoms with Gasteiger partial charge < -0.3 is 9.40 Å². The van der Waals surface area contributed by atoms with Gasteiger partial charge in [0.1, 0.15) is 17.1 Å². The Balaban J connectivity index is 1.68. The summed E-state index contributed by atoms with van der Waals surface area (Å²) in [6.45, 7) is 2.04. The SMILES string of the molecule is Cc1nn(C2CCCCC2)c2nc(/C=C/c3ccco3)[nH]c12. The minimum absolute atomic E-state index is 0.496. The Kier molecular flexibility index (Phi) is 3.33. The molecule has 0 amide bonds. The van der Waals surface area contributed by atoms with Gasteiger partial charge in [-0.2, -0.15) is 5.10 Å². The number of aromatic nitrogens is 4. The van der Waals surface area contributed by atoms with Crippen LogP contribution in [-0.2, 0) is 0 Å². The maximum absolute atomic E-state index is 5.31. The predicted octanol–water partition coefficient (Wildman–Crippen LogP) is 4.34. The second kappa shape index (κ2) is 5.48. The third-order valence-corrected chi connectivity index (χ3v) is 4.41. The molecule has 3 heterocycles. The summed E-state index contributed by atoms with van der Waals surface area (Å²) in [6.07, 6.45) is 11.9. The molecule has 4 rings (SSSR count). The van der Waals surface area contributed by atoms with Gasteiger partial charge in [0.25, 0.3) is 0 Å². The van der Waals surface area contributed by atoms with Crippen LogP contribution in [0.4, 0.5) is 0 Å². The smallest absolute Gasteiger partial charge is 0.177 e. The van der Waals surface area contributed by atoms with Crippen molar-refractivity contribution in [1.29, 1.82) is 0 Å². The molecule has 1 aliphatic rings. The van der Waals surface area contributed by atoms with Crippen LogP contribution in [0.15, 0.2) is 22.8 Å². The topological polar surface area (TPSA) is 59.6 Å². The summed E-state index contributed by atoms with van der Waals surface area (Å²) in [7, 11) is 0. The third kappa shape index (κ3) is 2.36. The number of hydrogen-bond donors (Lipinski definition) is 1. The van der Waals surface area contributed by atoms with Gasteiger partial charge in [-0.25, -0.2) is 9.67 Å². The average Bonchev–Trinajstić information content (AvgIpc) is 3.25. The fraction of sp³-hybridized carbons (Fsp3) is 0.412. The number of aromatic amines is 1. The van der Waals surface area contributed by atoms with Crippen molar-refractivity contribution in [3.8, 4) is 0 Å². The highest BCUT2D eigenvalue weighted by Gasteiger charge is 2.21. The van der Waals surface area contributed by atoms with E-state index in [2.05, 4.69) is 9.67 Å². The normalized spacial score (nSPS) is 17.0. The Morgan fingerprint density at radius 2 is 2.14 bits per heavy atom. The summed E-state index contributed by atoms with van der Waals surface area (Å²) in [5.74, 6) is 1.67. The van der Waals surface area contributed by atoms with Crippen LogP contribution in [-0.4, -0.2) is 19.7 Å². The lowest BCUT2D eigenvalue weighted by molar-refractivity contribution is 0.335. The maximum Gasteiger partial charge on any atom is 0.177 e. The zero-order valence-corrected chi connectivity index (χ0v) is 12.7. The number of imidazole rings is 1. The van der Waals surface area contributed by atoms with Crippen molar-refractivity contribution in [2.24, 2.45) is 0 Å². The van der Waals surface area contributed by atoms with E-state index in [1.807, 2.05) is 31.2 Å². The molecule has 0 radical (unpaired) electrons. The van der Waals surface area contributed by atoms with Crippen LogP contribution in [0.5, 0.6) is 0 Å². The van der Waals surface area contributed by atoms with Gasteiger partial charge in [0, 0.05) is 0 Å². The van der Waals surface area contributed by atoms with E-state index in [0.717, 1.165) is 28.4 Å². The molecule has 3 aromatic rings. The van der Waals surface area contributed by atoms with Crippen molar-refractivity contribution in [2.45, 2.75) is 45.1 Å². The maximum atomic E-state index is 5.31. The number of nitrogens with one attached hydrogen (secondary N) is 1. The van der Waals surface area contributed by atoms with Gasteiger partial charge in [0.15, 0.2) is 5.65 Å². The molecular formula is C17H20N4O. The third-order valence-electron chi connectivity index (χ3n) is 4.41. The molecule has 5 heteroatoms. The van der Waals surface area contributed by atoms with Crippen LogP contribution in [0.25, 0.3) is 23.3 Å². The lowest BCUT2D eigenvalue weighted by Gasteiger charge is -2.21. The number of H-pyrrole nitrogens is 1. The number of fused-ring (bicyclic) bond motifs is 1. The van der Waals surface area contributed by atoms with Crippen LogP contribution in [0, 0.1) is 6.92 Å². The van der Waals surface area contributed by atoms with Gasteiger partial charge in [0.2, 0.25) is 0 Å². The Morgan fingerprint density at radius 3 is 2.91 bits per heavy atom. The van der Waals surface area contributed by atoms with E-state index in [9.17, 15) is 0 Å². The van der Waals surface area contributed by atoms with Crippen molar-refractivity contribution >= 4 is 23.3 Å². The van der Waals surface area contributed by atoms with E-state index in [0.29, 0.717) is 6.04 Å². The van der Waals surface area contributed by atoms with E-state index < -0.39 is 0 Å². The van der Waals surface area contributed by atoms with Crippen molar-refractivity contribution in [2.75, 3.05) is 0 Å². The molecule has 3 aromatic heterocycles. The first kappa shape index (κ1) is 13.4. The van der Waals surface area contributed by atoms with Crippen molar-refractivity contribution in [3.63, 3.8) is 0 Å². The van der Waals surface area contributed by atoms with Crippen molar-refractivity contribution < 1.29 is 4.42 Å². The number of aryl methyl sites for hydroxylation is 1. The first-order valence-corrected chi connectivity index (χ1v) is 7.97. The number of rotatable bonds is 3. The van der Waals surface area contributed by atoms with Gasteiger partial charge in [-0.05, 0) is 44.1 Å². The molecule has 0 spiro atoms. The molecule has 0 unspecified atom stereocenters. The molecule has 0 saturated heterocycles. The van der Waals surface area contributed by atoms with Gasteiger partial charge >= 0.3 is 0 Å². The standard InChI is InChI=1S/C17H20N4O/c1-12-16-17(21(20-12)13-6-3-2-4-7-13)19-15(18-16)10-9-14-8-5-11-22-14/h5,8-11,13H,2-4,6-7H2,1H3,(H,18,19)/b10-9+. The van der Waals surface area contributed by atoms with Gasteiger partial charge in [0.05, 0.1) is 18.0 Å². The molecule has 1 aliphatic carbocycles. The Labute approximate surface area is 129 Å². The van der Waals surface area contributed by atoms with Crippen molar-refractivity contribution in [3.05, 3.63) is 35.7 Å². The first-order chi connectivity index (χ1) is 10.8. The highest BCUT2D eigenvalue weighted by Crippen LogP contribution is 2.30. The van der Waals surface area contributed by atoms with E-state index >= 15 is 0 Å². The monoisotopic (exact) mass is 296 g/mol. The van der Waals surface area contributed by atoms with Crippen molar-refractivity contribution in [1.82, 2.24) is 19.7 Å². The second-order valence-electron chi connectivity index (χ2n) is 5.99. The van der Waals surface area contributed by atoms with Gasteiger partial charge in [-0.3, -0.25) is 0 Å². The zero-order valence-electron chi connectivity index (χ0n) is 12.7. The second-order valence-corrected chi connectivity index (χ2v) is 5.99. The lowest BCUT2D eigenvalue weighted by atomic mass is 9.96. The Bertz CT molecular complexity index is 788. The Morgan fingerprint density at radius 1 is 1.27 bits per heavy atom. The molecule has 0 aromatic carbocycles. The minimum Gasteiger partial charge on any atom is -0.465 e. The summed E-state index contributed by atoms with van der Waals surface area (Å²) in [5, 5.41) is 4.70. The molecule has 1 fully saturated rings. The lowest BCUT2D eigenvalue weighted by Crippen LogP contribution is -2.14. The van der Waals surface area contributed by atoms with E-state index in [-0.39, 0.29) is 0 Å². The summed E-state index contributed by atoms with van der Waals surface area (Å²) in [5.41, 5.74) is 3.04. The van der Waals surface area contributed by atoms with Crippen LogP contribution in [0.2, 0.25) is 0 Å². The molecule has 5 nitrogen and oxygen atoms in total. The summed E-state index contributed by atoms with van der Waals surface area (Å²) >= 11 is 0. The summed E-state index contributed by atoms with van der Waals surface area (Å²) in [6, 6.07) is 4.30.